The van der Waals surface area contributed by atoms with Gasteiger partial charge in [0.15, 0.2) is 0 Å². The van der Waals surface area contributed by atoms with Crippen LogP contribution in [0.25, 0.3) is 0 Å². The highest BCUT2D eigenvalue weighted by Crippen LogP contribution is 1.77. The zero-order chi connectivity index (χ0) is 7.11. The molecule has 3 nitrogen and oxygen atoms in total. The highest BCUT2D eigenvalue weighted by molar-refractivity contribution is 5.82. The zero-order valence-corrected chi connectivity index (χ0v) is 5.20. The SMILES string of the molecule is COC(=O)/C=C/C=C/N. The van der Waals surface area contributed by atoms with Crippen LogP contribution in [0.1, 0.15) is 0 Å². The van der Waals surface area contributed by atoms with Crippen molar-refractivity contribution < 1.29 is 9.53 Å². The first-order valence-corrected chi connectivity index (χ1v) is 2.44. The molecule has 0 rings (SSSR count). The Morgan fingerprint density at radius 1 is 1.56 bits per heavy atom. The Morgan fingerprint density at radius 3 is 2.67 bits per heavy atom. The monoisotopic (exact) mass is 127 g/mol. The first-order valence-electron chi connectivity index (χ1n) is 2.44. The molecule has 0 atom stereocenters. The van der Waals surface area contributed by atoms with Gasteiger partial charge in [-0.05, 0) is 12.3 Å². The van der Waals surface area contributed by atoms with Crippen molar-refractivity contribution in [2.75, 3.05) is 7.11 Å². The van der Waals surface area contributed by atoms with Crippen LogP contribution in [0.5, 0.6) is 0 Å². The van der Waals surface area contributed by atoms with Gasteiger partial charge in [0, 0.05) is 6.08 Å². The van der Waals surface area contributed by atoms with E-state index in [4.69, 9.17) is 5.73 Å². The van der Waals surface area contributed by atoms with Gasteiger partial charge < -0.3 is 10.5 Å². The van der Waals surface area contributed by atoms with Crippen molar-refractivity contribution in [1.29, 1.82) is 0 Å². The fourth-order valence-electron chi connectivity index (χ4n) is 0.266. The highest BCUT2D eigenvalue weighted by Gasteiger charge is 1.85. The number of hydrogen-bond donors (Lipinski definition) is 1. The Balaban J connectivity index is 3.57. The average Bonchev–Trinajstić information content (AvgIpc) is 1.89. The maximum atomic E-state index is 10.3. The van der Waals surface area contributed by atoms with E-state index in [1.807, 2.05) is 0 Å². The molecule has 0 amide bonds. The molecule has 0 saturated carbocycles. The summed E-state index contributed by atoms with van der Waals surface area (Å²) >= 11 is 0. The summed E-state index contributed by atoms with van der Waals surface area (Å²) < 4.78 is 4.30. The van der Waals surface area contributed by atoms with E-state index in [0.29, 0.717) is 0 Å². The third-order valence-electron chi connectivity index (χ3n) is 0.656. The summed E-state index contributed by atoms with van der Waals surface area (Å²) in [6.07, 6.45) is 5.66. The molecule has 0 aliphatic carbocycles. The maximum absolute atomic E-state index is 10.3. The number of ether oxygens (including phenoxy) is 1. The largest absolute Gasteiger partial charge is 0.466 e. The van der Waals surface area contributed by atoms with Crippen LogP contribution in [-0.2, 0) is 9.53 Å². The Morgan fingerprint density at radius 2 is 2.22 bits per heavy atom. The van der Waals surface area contributed by atoms with Crippen LogP contribution in [0, 0.1) is 0 Å². The molecule has 0 heterocycles. The fraction of sp³-hybridized carbons (Fsp3) is 0.167. The van der Waals surface area contributed by atoms with Gasteiger partial charge in [-0.25, -0.2) is 4.79 Å². The van der Waals surface area contributed by atoms with Crippen molar-refractivity contribution in [3.8, 4) is 0 Å². The van der Waals surface area contributed by atoms with Gasteiger partial charge >= 0.3 is 5.97 Å². The predicted octanol–water partition coefficient (Wildman–Crippen LogP) is 0.188. The molecule has 2 N–H and O–H groups in total. The quantitative estimate of drug-likeness (QED) is 0.327. The Bertz CT molecular complexity index is 138. The standard InChI is InChI=1S/C6H9NO2/c1-9-6(8)4-2-3-5-7/h2-5H,7H2,1H3/b4-2+,5-3+. The number of allylic oxidation sites excluding steroid dienone is 2. The summed E-state index contributed by atoms with van der Waals surface area (Å²) in [5.74, 6) is -0.381. The van der Waals surface area contributed by atoms with Crippen molar-refractivity contribution in [3.05, 3.63) is 24.4 Å². The summed E-state index contributed by atoms with van der Waals surface area (Å²) in [4.78, 5) is 10.3. The van der Waals surface area contributed by atoms with Crippen molar-refractivity contribution in [3.63, 3.8) is 0 Å². The highest BCUT2D eigenvalue weighted by atomic mass is 16.5. The van der Waals surface area contributed by atoms with E-state index in [0.717, 1.165) is 0 Å². The molecule has 50 valence electrons. The van der Waals surface area contributed by atoms with Crippen LogP contribution in [0.3, 0.4) is 0 Å². The number of carbonyl (C=O) groups excluding carboxylic acids is 1. The lowest BCUT2D eigenvalue weighted by atomic mass is 10.5. The molecule has 0 radical (unpaired) electrons. The third kappa shape index (κ3) is 4.61. The van der Waals surface area contributed by atoms with Gasteiger partial charge in [0.05, 0.1) is 7.11 Å². The van der Waals surface area contributed by atoms with Gasteiger partial charge in [-0.3, -0.25) is 0 Å². The second-order valence-corrected chi connectivity index (χ2v) is 1.27. The van der Waals surface area contributed by atoms with Crippen LogP contribution in [-0.4, -0.2) is 13.1 Å². The van der Waals surface area contributed by atoms with E-state index in [9.17, 15) is 4.79 Å². The summed E-state index contributed by atoms with van der Waals surface area (Å²) in [6, 6.07) is 0. The smallest absolute Gasteiger partial charge is 0.330 e. The third-order valence-corrected chi connectivity index (χ3v) is 0.656. The Labute approximate surface area is 53.8 Å². The number of hydrogen-bond acceptors (Lipinski definition) is 3. The zero-order valence-electron chi connectivity index (χ0n) is 5.20. The maximum Gasteiger partial charge on any atom is 0.330 e. The van der Waals surface area contributed by atoms with Gasteiger partial charge in [0.1, 0.15) is 0 Å². The van der Waals surface area contributed by atoms with E-state index >= 15 is 0 Å². The van der Waals surface area contributed by atoms with E-state index in [1.54, 1.807) is 0 Å². The Hall–Kier alpha value is -1.25. The van der Waals surface area contributed by atoms with Gasteiger partial charge in [0.25, 0.3) is 0 Å². The molecule has 0 fully saturated rings. The van der Waals surface area contributed by atoms with Crippen LogP contribution in [0.15, 0.2) is 24.4 Å². The van der Waals surface area contributed by atoms with Gasteiger partial charge in [-0.2, -0.15) is 0 Å². The lowest BCUT2D eigenvalue weighted by Gasteiger charge is -1.85. The molecule has 0 aromatic heterocycles. The minimum atomic E-state index is -0.381. The first kappa shape index (κ1) is 7.75. The van der Waals surface area contributed by atoms with Gasteiger partial charge in [-0.1, -0.05) is 6.08 Å². The molecule has 0 aromatic rings. The number of esters is 1. The second kappa shape index (κ2) is 4.90. The van der Waals surface area contributed by atoms with Gasteiger partial charge in [-0.15, -0.1) is 0 Å². The van der Waals surface area contributed by atoms with E-state index in [2.05, 4.69) is 4.74 Å². The first-order chi connectivity index (χ1) is 4.31. The number of methoxy groups -OCH3 is 1. The number of carbonyl (C=O) groups is 1. The average molecular weight is 127 g/mol. The van der Waals surface area contributed by atoms with Crippen molar-refractivity contribution >= 4 is 5.97 Å². The fourth-order valence-corrected chi connectivity index (χ4v) is 0.266. The number of rotatable bonds is 2. The molecule has 0 unspecified atom stereocenters. The molecular formula is C6H9NO2. The number of nitrogens with two attached hydrogens (primary N) is 1. The normalized spacial score (nSPS) is 10.8. The summed E-state index contributed by atoms with van der Waals surface area (Å²) in [7, 11) is 1.32. The molecule has 0 aromatic carbocycles. The summed E-state index contributed by atoms with van der Waals surface area (Å²) in [6.45, 7) is 0. The van der Waals surface area contributed by atoms with Crippen molar-refractivity contribution in [1.82, 2.24) is 0 Å². The Kier molecular flexibility index (Phi) is 4.22. The molecule has 9 heavy (non-hydrogen) atoms. The molecule has 0 aliphatic rings. The molecule has 0 spiro atoms. The van der Waals surface area contributed by atoms with Crippen LogP contribution < -0.4 is 5.73 Å². The van der Waals surface area contributed by atoms with E-state index < -0.39 is 0 Å². The molecule has 0 aliphatic heterocycles. The summed E-state index contributed by atoms with van der Waals surface area (Å²) in [5, 5.41) is 0. The van der Waals surface area contributed by atoms with Crippen LogP contribution >= 0.6 is 0 Å². The minimum Gasteiger partial charge on any atom is -0.466 e. The van der Waals surface area contributed by atoms with Gasteiger partial charge in [0.2, 0.25) is 0 Å². The van der Waals surface area contributed by atoms with Crippen molar-refractivity contribution in [2.45, 2.75) is 0 Å². The van der Waals surface area contributed by atoms with Crippen LogP contribution in [0.2, 0.25) is 0 Å². The van der Waals surface area contributed by atoms with E-state index in [1.165, 1.54) is 31.5 Å². The topological polar surface area (TPSA) is 52.3 Å². The minimum absolute atomic E-state index is 0.381. The van der Waals surface area contributed by atoms with E-state index in [-0.39, 0.29) is 5.97 Å². The second-order valence-electron chi connectivity index (χ2n) is 1.27. The predicted molar refractivity (Wildman–Crippen MR) is 34.5 cm³/mol. The summed E-state index contributed by atoms with van der Waals surface area (Å²) in [5.41, 5.74) is 4.97. The molecule has 0 saturated heterocycles. The molecule has 3 heteroatoms. The lowest BCUT2D eigenvalue weighted by molar-refractivity contribution is -0.134. The molecule has 0 bridgehead atoms. The molecular weight excluding hydrogens is 118 g/mol. The lowest BCUT2D eigenvalue weighted by Crippen LogP contribution is -1.92. The van der Waals surface area contributed by atoms with Crippen LogP contribution in [0.4, 0.5) is 0 Å². The van der Waals surface area contributed by atoms with Crippen molar-refractivity contribution in [2.24, 2.45) is 5.73 Å².